The quantitative estimate of drug-likeness (QED) is 0.820. The van der Waals surface area contributed by atoms with Crippen LogP contribution in [0.5, 0.6) is 0 Å². The van der Waals surface area contributed by atoms with E-state index in [1.165, 1.54) is 19.3 Å². The van der Waals surface area contributed by atoms with Crippen LogP contribution in [0.4, 0.5) is 11.5 Å². The second-order valence-corrected chi connectivity index (χ2v) is 8.32. The number of nitrogens with one attached hydrogen (secondary N) is 1. The van der Waals surface area contributed by atoms with E-state index in [0.29, 0.717) is 23.0 Å². The molecule has 4 rings (SSSR count). The minimum atomic E-state index is 0.0471. The van der Waals surface area contributed by atoms with Gasteiger partial charge in [0.1, 0.15) is 5.82 Å². The van der Waals surface area contributed by atoms with E-state index < -0.39 is 0 Å². The van der Waals surface area contributed by atoms with Crippen LogP contribution in [-0.2, 0) is 4.79 Å². The van der Waals surface area contributed by atoms with Crippen LogP contribution in [0.15, 0.2) is 24.3 Å². The molecule has 5 nitrogen and oxygen atoms in total. The standard InChI is InChI=1S/C21H27ClN4O/c22-17-7-8-18-16(6-9-19(24-18)26-11-10-15(23)13-26)21(17)25-20(27)12-14-4-2-1-3-5-14/h6-9,14-15H,1-5,10-13,23H2,(H,25,27)/t15-/m0/s1. The maximum absolute atomic E-state index is 12.6. The Hall–Kier alpha value is -1.85. The molecule has 1 aliphatic carbocycles. The van der Waals surface area contributed by atoms with E-state index in [1.807, 2.05) is 24.3 Å². The number of halogens is 1. The lowest BCUT2D eigenvalue weighted by atomic mass is 9.87. The molecular weight excluding hydrogens is 360 g/mol. The van der Waals surface area contributed by atoms with Crippen LogP contribution >= 0.6 is 11.6 Å². The molecule has 1 amide bonds. The molecule has 3 N–H and O–H groups in total. The third-order valence-electron chi connectivity index (χ3n) is 5.82. The molecule has 0 unspecified atom stereocenters. The molecule has 1 saturated carbocycles. The number of fused-ring (bicyclic) bond motifs is 1. The SMILES string of the molecule is N[C@H]1CCN(c2ccc3c(NC(=O)CC4CCCCC4)c(Cl)ccc3n2)C1. The highest BCUT2D eigenvalue weighted by molar-refractivity contribution is 6.35. The zero-order chi connectivity index (χ0) is 18.8. The van der Waals surface area contributed by atoms with Gasteiger partial charge in [-0.1, -0.05) is 30.9 Å². The van der Waals surface area contributed by atoms with E-state index in [1.54, 1.807) is 0 Å². The van der Waals surface area contributed by atoms with E-state index in [-0.39, 0.29) is 11.9 Å². The minimum Gasteiger partial charge on any atom is -0.355 e. The summed E-state index contributed by atoms with van der Waals surface area (Å²) in [4.78, 5) is 19.6. The van der Waals surface area contributed by atoms with Crippen LogP contribution < -0.4 is 16.0 Å². The molecule has 2 fully saturated rings. The predicted molar refractivity (Wildman–Crippen MR) is 111 cm³/mol. The number of hydrogen-bond acceptors (Lipinski definition) is 4. The van der Waals surface area contributed by atoms with Gasteiger partial charge in [-0.3, -0.25) is 4.79 Å². The fourth-order valence-corrected chi connectivity index (χ4v) is 4.52. The monoisotopic (exact) mass is 386 g/mol. The Bertz CT molecular complexity index is 834. The second kappa shape index (κ2) is 8.03. The van der Waals surface area contributed by atoms with E-state index in [9.17, 15) is 4.79 Å². The van der Waals surface area contributed by atoms with Crippen molar-refractivity contribution < 1.29 is 4.79 Å². The van der Waals surface area contributed by atoms with Gasteiger partial charge in [0.05, 0.1) is 16.2 Å². The first kappa shape index (κ1) is 18.5. The number of pyridine rings is 1. The topological polar surface area (TPSA) is 71.2 Å². The zero-order valence-electron chi connectivity index (χ0n) is 15.6. The van der Waals surface area contributed by atoms with Gasteiger partial charge in [0.25, 0.3) is 0 Å². The lowest BCUT2D eigenvalue weighted by Crippen LogP contribution is -2.26. The summed E-state index contributed by atoms with van der Waals surface area (Å²) in [6.45, 7) is 1.76. The van der Waals surface area contributed by atoms with Crippen molar-refractivity contribution in [2.24, 2.45) is 11.7 Å². The molecule has 0 bridgehead atoms. The normalized spacial score (nSPS) is 21.0. The Morgan fingerprint density at radius 2 is 2.00 bits per heavy atom. The molecule has 27 heavy (non-hydrogen) atoms. The molecule has 0 radical (unpaired) electrons. The molecule has 1 aromatic carbocycles. The number of aromatic nitrogens is 1. The van der Waals surface area contributed by atoms with E-state index in [0.717, 1.165) is 49.1 Å². The van der Waals surface area contributed by atoms with Crippen molar-refractivity contribution in [3.63, 3.8) is 0 Å². The average molecular weight is 387 g/mol. The first-order valence-electron chi connectivity index (χ1n) is 10.00. The Morgan fingerprint density at radius 1 is 1.19 bits per heavy atom. The van der Waals surface area contributed by atoms with Crippen LogP contribution in [0.2, 0.25) is 5.02 Å². The van der Waals surface area contributed by atoms with Crippen LogP contribution in [0, 0.1) is 5.92 Å². The molecule has 2 aromatic rings. The molecular formula is C21H27ClN4O. The Balaban J connectivity index is 1.54. The molecule has 2 aliphatic rings. The maximum Gasteiger partial charge on any atom is 0.224 e. The van der Waals surface area contributed by atoms with E-state index in [2.05, 4.69) is 10.2 Å². The number of benzene rings is 1. The van der Waals surface area contributed by atoms with Crippen molar-refractivity contribution in [3.8, 4) is 0 Å². The van der Waals surface area contributed by atoms with Crippen molar-refractivity contribution >= 4 is 39.9 Å². The van der Waals surface area contributed by atoms with Gasteiger partial charge in [-0.25, -0.2) is 4.98 Å². The summed E-state index contributed by atoms with van der Waals surface area (Å²) in [5.74, 6) is 1.47. The predicted octanol–water partition coefficient (Wildman–Crippen LogP) is 4.33. The molecule has 144 valence electrons. The number of anilines is 2. The fourth-order valence-electron chi connectivity index (χ4n) is 4.31. The summed E-state index contributed by atoms with van der Waals surface area (Å²) < 4.78 is 0. The lowest BCUT2D eigenvalue weighted by Gasteiger charge is -2.21. The van der Waals surface area contributed by atoms with Crippen molar-refractivity contribution in [2.45, 2.75) is 51.0 Å². The molecule has 1 saturated heterocycles. The number of nitrogens with two attached hydrogens (primary N) is 1. The van der Waals surface area contributed by atoms with Gasteiger partial charge in [0, 0.05) is 30.9 Å². The number of hydrogen-bond donors (Lipinski definition) is 2. The third kappa shape index (κ3) is 4.19. The minimum absolute atomic E-state index is 0.0471. The Morgan fingerprint density at radius 3 is 2.74 bits per heavy atom. The van der Waals surface area contributed by atoms with Gasteiger partial charge in [-0.15, -0.1) is 0 Å². The average Bonchev–Trinajstić information content (AvgIpc) is 3.11. The van der Waals surface area contributed by atoms with Gasteiger partial charge >= 0.3 is 0 Å². The van der Waals surface area contributed by atoms with Crippen molar-refractivity contribution in [2.75, 3.05) is 23.3 Å². The number of carbonyl (C=O) groups is 1. The van der Waals surface area contributed by atoms with Gasteiger partial charge in [-0.2, -0.15) is 0 Å². The second-order valence-electron chi connectivity index (χ2n) is 7.91. The first-order valence-corrected chi connectivity index (χ1v) is 10.4. The van der Waals surface area contributed by atoms with Crippen LogP contribution in [0.3, 0.4) is 0 Å². The highest BCUT2D eigenvalue weighted by atomic mass is 35.5. The molecule has 1 aliphatic heterocycles. The molecule has 1 aromatic heterocycles. The molecule has 0 spiro atoms. The number of nitrogens with zero attached hydrogens (tertiary/aromatic N) is 2. The highest BCUT2D eigenvalue weighted by Gasteiger charge is 2.22. The number of carbonyl (C=O) groups excluding carboxylic acids is 1. The maximum atomic E-state index is 12.6. The van der Waals surface area contributed by atoms with Gasteiger partial charge < -0.3 is 16.0 Å². The summed E-state index contributed by atoms with van der Waals surface area (Å²) in [7, 11) is 0. The smallest absolute Gasteiger partial charge is 0.224 e. The largest absolute Gasteiger partial charge is 0.355 e. The lowest BCUT2D eigenvalue weighted by molar-refractivity contribution is -0.117. The Kier molecular flexibility index (Phi) is 5.50. The summed E-state index contributed by atoms with van der Waals surface area (Å²) >= 11 is 6.41. The van der Waals surface area contributed by atoms with Crippen molar-refractivity contribution in [1.82, 2.24) is 4.98 Å². The first-order chi connectivity index (χ1) is 13.1. The Labute approximate surface area is 165 Å². The van der Waals surface area contributed by atoms with Crippen LogP contribution in [0.1, 0.15) is 44.9 Å². The van der Waals surface area contributed by atoms with Crippen LogP contribution in [0.25, 0.3) is 10.9 Å². The fraction of sp³-hybridized carbons (Fsp3) is 0.524. The summed E-state index contributed by atoms with van der Waals surface area (Å²) in [5, 5.41) is 4.49. The summed E-state index contributed by atoms with van der Waals surface area (Å²) in [6, 6.07) is 7.93. The number of rotatable bonds is 4. The summed E-state index contributed by atoms with van der Waals surface area (Å²) in [5.41, 5.74) is 7.53. The summed E-state index contributed by atoms with van der Waals surface area (Å²) in [6.07, 6.45) is 7.63. The highest BCUT2D eigenvalue weighted by Crippen LogP contribution is 2.33. The third-order valence-corrected chi connectivity index (χ3v) is 6.13. The van der Waals surface area contributed by atoms with Gasteiger partial charge in [-0.05, 0) is 49.4 Å². The van der Waals surface area contributed by atoms with Gasteiger partial charge in [0.15, 0.2) is 0 Å². The molecule has 1 atom stereocenters. The zero-order valence-corrected chi connectivity index (χ0v) is 16.3. The van der Waals surface area contributed by atoms with Crippen molar-refractivity contribution in [3.05, 3.63) is 29.3 Å². The van der Waals surface area contributed by atoms with E-state index in [4.69, 9.17) is 22.3 Å². The van der Waals surface area contributed by atoms with Crippen molar-refractivity contribution in [1.29, 1.82) is 0 Å². The molecule has 6 heteroatoms. The van der Waals surface area contributed by atoms with Crippen LogP contribution in [-0.4, -0.2) is 30.0 Å². The van der Waals surface area contributed by atoms with Gasteiger partial charge in [0.2, 0.25) is 5.91 Å². The number of amides is 1. The van der Waals surface area contributed by atoms with E-state index >= 15 is 0 Å². The molecule has 2 heterocycles.